The molecule has 1 heterocycles. The van der Waals surface area contributed by atoms with Gasteiger partial charge in [0.25, 0.3) is 0 Å². The van der Waals surface area contributed by atoms with Gasteiger partial charge in [0.05, 0.1) is 13.2 Å². The van der Waals surface area contributed by atoms with Crippen LogP contribution in [-0.2, 0) is 16.0 Å². The van der Waals surface area contributed by atoms with Gasteiger partial charge in [0.2, 0.25) is 11.8 Å². The molecule has 0 saturated carbocycles. The fourth-order valence-electron chi connectivity index (χ4n) is 2.84. The number of hydrogen-bond donors (Lipinski definition) is 1. The van der Waals surface area contributed by atoms with Gasteiger partial charge in [0.15, 0.2) is 0 Å². The Labute approximate surface area is 142 Å². The molecular weight excluding hydrogens is 306 g/mol. The van der Waals surface area contributed by atoms with Crippen LogP contribution in [0.1, 0.15) is 31.2 Å². The molecule has 1 aliphatic rings. The van der Waals surface area contributed by atoms with Crippen LogP contribution in [0.2, 0.25) is 0 Å². The summed E-state index contributed by atoms with van der Waals surface area (Å²) < 4.78 is 5.18. The lowest BCUT2D eigenvalue weighted by molar-refractivity contribution is -0.131. The van der Waals surface area contributed by atoms with Crippen molar-refractivity contribution in [1.82, 2.24) is 10.2 Å². The molecule has 0 radical (unpaired) electrons. The highest BCUT2D eigenvalue weighted by molar-refractivity contribution is 5.78. The quantitative estimate of drug-likeness (QED) is 0.860. The summed E-state index contributed by atoms with van der Waals surface area (Å²) in [6.07, 6.45) is 2.50. The van der Waals surface area contributed by atoms with E-state index in [9.17, 15) is 9.59 Å². The number of hydrogen-bond acceptors (Lipinski definition) is 4. The average molecular weight is 329 g/mol. The van der Waals surface area contributed by atoms with Gasteiger partial charge in [-0.1, -0.05) is 12.1 Å². The van der Waals surface area contributed by atoms with E-state index in [-0.39, 0.29) is 24.3 Å². The number of piperidine rings is 1. The minimum atomic E-state index is -0.125. The number of nitrogens with one attached hydrogen (secondary N) is 1. The van der Waals surface area contributed by atoms with Gasteiger partial charge in [-0.3, -0.25) is 9.59 Å². The summed E-state index contributed by atoms with van der Waals surface area (Å²) >= 11 is 0. The molecule has 2 rings (SSSR count). The Hall–Kier alpha value is -2.55. The monoisotopic (exact) mass is 329 g/mol. The first kappa shape index (κ1) is 17.8. The van der Waals surface area contributed by atoms with Crippen LogP contribution in [0.3, 0.4) is 0 Å². The van der Waals surface area contributed by atoms with Crippen LogP contribution < -0.4 is 10.1 Å². The number of carbonyl (C=O) groups is 2. The van der Waals surface area contributed by atoms with Crippen molar-refractivity contribution in [2.24, 2.45) is 0 Å². The van der Waals surface area contributed by atoms with Crippen LogP contribution in [0.25, 0.3) is 0 Å². The molecule has 2 amide bonds. The average Bonchev–Trinajstić information content (AvgIpc) is 2.61. The summed E-state index contributed by atoms with van der Waals surface area (Å²) in [6.45, 7) is 1.20. The molecule has 1 aliphatic heterocycles. The van der Waals surface area contributed by atoms with Crippen molar-refractivity contribution >= 4 is 11.8 Å². The maximum Gasteiger partial charge on any atom is 0.236 e. The van der Waals surface area contributed by atoms with Gasteiger partial charge in [0, 0.05) is 25.6 Å². The molecule has 0 atom stereocenters. The normalized spacial score (nSPS) is 14.8. The van der Waals surface area contributed by atoms with Crippen molar-refractivity contribution in [3.8, 4) is 11.8 Å². The fraction of sp³-hybridized carbons (Fsp3) is 0.500. The van der Waals surface area contributed by atoms with Crippen molar-refractivity contribution in [3.63, 3.8) is 0 Å². The summed E-state index contributed by atoms with van der Waals surface area (Å²) in [5, 5.41) is 11.6. The maximum absolute atomic E-state index is 12.1. The molecule has 1 aromatic carbocycles. The van der Waals surface area contributed by atoms with E-state index >= 15 is 0 Å². The van der Waals surface area contributed by atoms with E-state index in [1.807, 2.05) is 30.3 Å². The second kappa shape index (κ2) is 8.92. The Balaban J connectivity index is 1.72. The number of aryl methyl sites for hydroxylation is 1. The van der Waals surface area contributed by atoms with E-state index in [1.54, 1.807) is 12.0 Å². The van der Waals surface area contributed by atoms with Crippen LogP contribution in [-0.4, -0.2) is 43.0 Å². The van der Waals surface area contributed by atoms with E-state index in [0.29, 0.717) is 25.9 Å². The molecule has 6 nitrogen and oxygen atoms in total. The molecule has 6 heteroatoms. The van der Waals surface area contributed by atoms with Crippen LogP contribution in [0, 0.1) is 11.3 Å². The zero-order chi connectivity index (χ0) is 17.4. The number of amides is 2. The molecule has 1 fully saturated rings. The molecule has 1 aromatic rings. The van der Waals surface area contributed by atoms with Gasteiger partial charge in [-0.05, 0) is 37.0 Å². The zero-order valence-electron chi connectivity index (χ0n) is 14.0. The lowest BCUT2D eigenvalue weighted by Gasteiger charge is -2.32. The standard InChI is InChI=1S/C18H23N3O3/c1-24-16-4-2-3-14(13-16)5-6-17(22)20-15-8-11-21(12-9-15)18(23)7-10-19/h2-4,13,15H,5-9,11-12H2,1H3,(H,20,22). The van der Waals surface area contributed by atoms with E-state index in [2.05, 4.69) is 5.32 Å². The third kappa shape index (κ3) is 5.27. The van der Waals surface area contributed by atoms with Crippen LogP contribution in [0.5, 0.6) is 5.75 Å². The Morgan fingerprint density at radius 3 is 2.79 bits per heavy atom. The van der Waals surface area contributed by atoms with Crippen molar-refractivity contribution in [2.75, 3.05) is 20.2 Å². The molecule has 0 aliphatic carbocycles. The van der Waals surface area contributed by atoms with Crippen LogP contribution in [0.4, 0.5) is 0 Å². The minimum absolute atomic E-state index is 0.0274. The maximum atomic E-state index is 12.1. The molecule has 0 spiro atoms. The second-order valence-electron chi connectivity index (χ2n) is 5.91. The summed E-state index contributed by atoms with van der Waals surface area (Å²) in [6, 6.07) is 9.70. The third-order valence-electron chi connectivity index (χ3n) is 4.22. The number of rotatable bonds is 6. The summed E-state index contributed by atoms with van der Waals surface area (Å²) in [5.41, 5.74) is 1.07. The molecule has 0 aromatic heterocycles. The Morgan fingerprint density at radius 1 is 1.38 bits per heavy atom. The highest BCUT2D eigenvalue weighted by Crippen LogP contribution is 2.15. The van der Waals surface area contributed by atoms with Gasteiger partial charge in [-0.15, -0.1) is 0 Å². The van der Waals surface area contributed by atoms with E-state index in [4.69, 9.17) is 10.00 Å². The highest BCUT2D eigenvalue weighted by atomic mass is 16.5. The highest BCUT2D eigenvalue weighted by Gasteiger charge is 2.23. The van der Waals surface area contributed by atoms with Crippen molar-refractivity contribution in [2.45, 2.75) is 38.1 Å². The molecule has 0 unspecified atom stereocenters. The summed E-state index contributed by atoms with van der Waals surface area (Å²) in [7, 11) is 1.62. The lowest BCUT2D eigenvalue weighted by atomic mass is 10.0. The smallest absolute Gasteiger partial charge is 0.236 e. The lowest BCUT2D eigenvalue weighted by Crippen LogP contribution is -2.46. The first-order valence-corrected chi connectivity index (χ1v) is 8.19. The minimum Gasteiger partial charge on any atom is -0.497 e. The van der Waals surface area contributed by atoms with E-state index in [0.717, 1.165) is 24.2 Å². The van der Waals surface area contributed by atoms with Crippen LogP contribution in [0.15, 0.2) is 24.3 Å². The predicted molar refractivity (Wildman–Crippen MR) is 89.3 cm³/mol. The third-order valence-corrected chi connectivity index (χ3v) is 4.22. The molecule has 1 N–H and O–H groups in total. The number of methoxy groups -OCH3 is 1. The Kier molecular flexibility index (Phi) is 6.62. The Morgan fingerprint density at radius 2 is 2.12 bits per heavy atom. The van der Waals surface area contributed by atoms with Crippen molar-refractivity contribution in [1.29, 1.82) is 5.26 Å². The van der Waals surface area contributed by atoms with Gasteiger partial charge in [-0.25, -0.2) is 0 Å². The van der Waals surface area contributed by atoms with E-state index < -0.39 is 0 Å². The van der Waals surface area contributed by atoms with E-state index in [1.165, 1.54) is 0 Å². The number of benzene rings is 1. The SMILES string of the molecule is COc1cccc(CCC(=O)NC2CCN(C(=O)CC#N)CC2)c1. The topological polar surface area (TPSA) is 82.4 Å². The van der Waals surface area contributed by atoms with Crippen molar-refractivity contribution < 1.29 is 14.3 Å². The predicted octanol–water partition coefficient (Wildman–Crippen LogP) is 1.65. The number of carbonyl (C=O) groups excluding carboxylic acids is 2. The van der Waals surface area contributed by atoms with Crippen LogP contribution >= 0.6 is 0 Å². The second-order valence-corrected chi connectivity index (χ2v) is 5.91. The van der Waals surface area contributed by atoms with Gasteiger partial charge in [0.1, 0.15) is 12.2 Å². The number of nitriles is 1. The number of likely N-dealkylation sites (tertiary alicyclic amines) is 1. The first-order valence-electron chi connectivity index (χ1n) is 8.19. The Bertz CT molecular complexity index is 616. The molecular formula is C18H23N3O3. The molecule has 0 bridgehead atoms. The van der Waals surface area contributed by atoms with Crippen molar-refractivity contribution in [3.05, 3.63) is 29.8 Å². The van der Waals surface area contributed by atoms with Gasteiger partial charge in [-0.2, -0.15) is 5.26 Å². The fourth-order valence-corrected chi connectivity index (χ4v) is 2.84. The summed E-state index contributed by atoms with van der Waals surface area (Å²) in [4.78, 5) is 25.4. The largest absolute Gasteiger partial charge is 0.497 e. The van der Waals surface area contributed by atoms with Gasteiger partial charge < -0.3 is 15.0 Å². The molecule has 128 valence electrons. The first-order chi connectivity index (χ1) is 11.6. The van der Waals surface area contributed by atoms with Gasteiger partial charge >= 0.3 is 0 Å². The molecule has 1 saturated heterocycles. The number of nitrogens with zero attached hydrogens (tertiary/aromatic N) is 2. The molecule has 24 heavy (non-hydrogen) atoms. The number of ether oxygens (including phenoxy) is 1. The summed E-state index contributed by atoms with van der Waals surface area (Å²) in [5.74, 6) is 0.697. The zero-order valence-corrected chi connectivity index (χ0v) is 14.0.